The van der Waals surface area contributed by atoms with Crippen LogP contribution in [0.2, 0.25) is 0 Å². The average molecular weight is 338 g/mol. The highest BCUT2D eigenvalue weighted by Crippen LogP contribution is 2.35. The van der Waals surface area contributed by atoms with Crippen molar-refractivity contribution in [2.24, 2.45) is 7.05 Å². The zero-order chi connectivity index (χ0) is 14.2. The van der Waals surface area contributed by atoms with Crippen molar-refractivity contribution >= 4 is 15.9 Å². The molecule has 2 aromatic rings. The minimum atomic E-state index is -4.74. The molecule has 0 aliphatic heterocycles. The van der Waals surface area contributed by atoms with Crippen LogP contribution in [0.5, 0.6) is 0 Å². The van der Waals surface area contributed by atoms with E-state index in [1.807, 2.05) is 0 Å². The van der Waals surface area contributed by atoms with Gasteiger partial charge in [0.25, 0.3) is 0 Å². The second kappa shape index (κ2) is 4.92. The molecule has 0 atom stereocenters. The lowest BCUT2D eigenvalue weighted by Gasteiger charge is -2.10. The third kappa shape index (κ3) is 2.49. The highest BCUT2D eigenvalue weighted by molar-refractivity contribution is 9.08. The second-order valence-corrected chi connectivity index (χ2v) is 4.36. The summed E-state index contributed by atoms with van der Waals surface area (Å²) in [4.78, 5) is 0. The lowest BCUT2D eigenvalue weighted by Crippen LogP contribution is -2.09. The normalized spacial score (nSPS) is 11.9. The molecular formula is C11H8BrF4N3. The first-order chi connectivity index (χ1) is 8.86. The molecule has 0 spiro atoms. The van der Waals surface area contributed by atoms with E-state index in [0.717, 1.165) is 6.07 Å². The van der Waals surface area contributed by atoms with E-state index in [-0.39, 0.29) is 11.4 Å². The fourth-order valence-electron chi connectivity index (χ4n) is 1.64. The van der Waals surface area contributed by atoms with Crippen LogP contribution in [0.4, 0.5) is 17.6 Å². The second-order valence-electron chi connectivity index (χ2n) is 3.80. The Morgan fingerprint density at radius 3 is 2.47 bits per heavy atom. The molecule has 0 unspecified atom stereocenters. The third-order valence-corrected chi connectivity index (χ3v) is 3.13. The minimum absolute atomic E-state index is 0.0538. The van der Waals surface area contributed by atoms with Crippen LogP contribution >= 0.6 is 15.9 Å². The van der Waals surface area contributed by atoms with Crippen molar-refractivity contribution in [3.05, 3.63) is 35.4 Å². The zero-order valence-electron chi connectivity index (χ0n) is 9.67. The number of halogens is 5. The van der Waals surface area contributed by atoms with E-state index >= 15 is 0 Å². The molecule has 0 amide bonds. The molecule has 1 heterocycles. The van der Waals surface area contributed by atoms with E-state index in [2.05, 4.69) is 26.1 Å². The molecule has 2 rings (SSSR count). The van der Waals surface area contributed by atoms with Crippen LogP contribution in [-0.4, -0.2) is 14.8 Å². The quantitative estimate of drug-likeness (QED) is 0.620. The summed E-state index contributed by atoms with van der Waals surface area (Å²) in [6, 6.07) is 3.08. The van der Waals surface area contributed by atoms with E-state index in [1.165, 1.54) is 10.6 Å². The zero-order valence-corrected chi connectivity index (χ0v) is 11.3. The lowest BCUT2D eigenvalue weighted by molar-refractivity contribution is -0.139. The highest BCUT2D eigenvalue weighted by Gasteiger charge is 2.35. The Morgan fingerprint density at radius 2 is 1.95 bits per heavy atom. The van der Waals surface area contributed by atoms with E-state index in [1.54, 1.807) is 7.05 Å². The maximum Gasteiger partial charge on any atom is 0.419 e. The summed E-state index contributed by atoms with van der Waals surface area (Å²) in [5, 5.41) is 7.85. The van der Waals surface area contributed by atoms with Crippen molar-refractivity contribution in [1.82, 2.24) is 14.8 Å². The molecule has 102 valence electrons. The van der Waals surface area contributed by atoms with Gasteiger partial charge in [0, 0.05) is 7.05 Å². The number of rotatable bonds is 2. The van der Waals surface area contributed by atoms with Crippen molar-refractivity contribution < 1.29 is 17.6 Å². The van der Waals surface area contributed by atoms with Gasteiger partial charge in [-0.15, -0.1) is 10.2 Å². The van der Waals surface area contributed by atoms with Gasteiger partial charge in [0.2, 0.25) is 0 Å². The number of nitrogens with zero attached hydrogens (tertiary/aromatic N) is 3. The Bertz CT molecular complexity index is 606. The standard InChI is InChI=1S/C11H8BrF4N3/c1-19-8(5-12)17-18-10(19)6-3-2-4-7(9(6)13)11(14,15)16/h2-4H,5H2,1H3. The molecule has 0 N–H and O–H groups in total. The molecule has 0 saturated carbocycles. The molecule has 0 radical (unpaired) electrons. The van der Waals surface area contributed by atoms with Gasteiger partial charge in [0.1, 0.15) is 11.6 Å². The number of hydrogen-bond donors (Lipinski definition) is 0. The molecule has 0 saturated heterocycles. The van der Waals surface area contributed by atoms with Gasteiger partial charge in [0.05, 0.1) is 16.5 Å². The predicted octanol–water partition coefficient (Wildman–Crippen LogP) is 3.53. The Labute approximate surface area is 114 Å². The summed E-state index contributed by atoms with van der Waals surface area (Å²) < 4.78 is 53.3. The van der Waals surface area contributed by atoms with Crippen LogP contribution in [0.3, 0.4) is 0 Å². The summed E-state index contributed by atoms with van der Waals surface area (Å²) >= 11 is 3.16. The fourth-order valence-corrected chi connectivity index (χ4v) is 2.12. The van der Waals surface area contributed by atoms with Crippen LogP contribution in [-0.2, 0) is 18.6 Å². The lowest BCUT2D eigenvalue weighted by atomic mass is 10.1. The SMILES string of the molecule is Cn1c(CBr)nnc1-c1cccc(C(F)(F)F)c1F. The predicted molar refractivity (Wildman–Crippen MR) is 64.0 cm³/mol. The maximum atomic E-state index is 13.9. The summed E-state index contributed by atoms with van der Waals surface area (Å²) in [7, 11) is 1.56. The molecular weight excluding hydrogens is 330 g/mol. The Balaban J connectivity index is 2.60. The van der Waals surface area contributed by atoms with Gasteiger partial charge in [-0.1, -0.05) is 22.0 Å². The molecule has 19 heavy (non-hydrogen) atoms. The topological polar surface area (TPSA) is 30.7 Å². The number of hydrogen-bond acceptors (Lipinski definition) is 2. The van der Waals surface area contributed by atoms with Gasteiger partial charge in [-0.3, -0.25) is 0 Å². The van der Waals surface area contributed by atoms with Crippen LogP contribution in [0.15, 0.2) is 18.2 Å². The van der Waals surface area contributed by atoms with Crippen LogP contribution in [0.1, 0.15) is 11.4 Å². The third-order valence-electron chi connectivity index (χ3n) is 2.63. The van der Waals surface area contributed by atoms with Gasteiger partial charge >= 0.3 is 6.18 Å². The first-order valence-electron chi connectivity index (χ1n) is 5.16. The van der Waals surface area contributed by atoms with E-state index in [9.17, 15) is 17.6 Å². The molecule has 0 bridgehead atoms. The van der Waals surface area contributed by atoms with Crippen LogP contribution in [0.25, 0.3) is 11.4 Å². The van der Waals surface area contributed by atoms with Gasteiger partial charge in [0.15, 0.2) is 5.82 Å². The first kappa shape index (κ1) is 14.0. The monoisotopic (exact) mass is 337 g/mol. The van der Waals surface area contributed by atoms with Gasteiger partial charge in [-0.2, -0.15) is 13.2 Å². The molecule has 3 nitrogen and oxygen atoms in total. The first-order valence-corrected chi connectivity index (χ1v) is 6.28. The highest BCUT2D eigenvalue weighted by atomic mass is 79.9. The smallest absolute Gasteiger partial charge is 0.313 e. The molecule has 1 aromatic heterocycles. The van der Waals surface area contributed by atoms with Gasteiger partial charge in [-0.05, 0) is 12.1 Å². The molecule has 1 aromatic carbocycles. The Hall–Kier alpha value is -1.44. The van der Waals surface area contributed by atoms with E-state index in [4.69, 9.17) is 0 Å². The largest absolute Gasteiger partial charge is 0.419 e. The van der Waals surface area contributed by atoms with Crippen molar-refractivity contribution in [3.8, 4) is 11.4 Å². The van der Waals surface area contributed by atoms with E-state index in [0.29, 0.717) is 17.2 Å². The Kier molecular flexibility index (Phi) is 3.62. The summed E-state index contributed by atoms with van der Waals surface area (Å²) in [5.74, 6) is -0.795. The average Bonchev–Trinajstić information content (AvgIpc) is 2.69. The van der Waals surface area contributed by atoms with Crippen molar-refractivity contribution in [2.75, 3.05) is 0 Å². The molecule has 8 heteroatoms. The van der Waals surface area contributed by atoms with Crippen molar-refractivity contribution in [3.63, 3.8) is 0 Å². The van der Waals surface area contributed by atoms with Gasteiger partial charge < -0.3 is 4.57 Å². The van der Waals surface area contributed by atoms with Crippen molar-refractivity contribution in [1.29, 1.82) is 0 Å². The van der Waals surface area contributed by atoms with Crippen molar-refractivity contribution in [2.45, 2.75) is 11.5 Å². The molecule has 0 fully saturated rings. The summed E-state index contributed by atoms with van der Waals surface area (Å²) in [5.41, 5.74) is -1.54. The summed E-state index contributed by atoms with van der Waals surface area (Å²) in [6.07, 6.45) is -4.74. The minimum Gasteiger partial charge on any atom is -0.313 e. The number of aromatic nitrogens is 3. The fraction of sp³-hybridized carbons (Fsp3) is 0.273. The number of alkyl halides is 4. The molecule has 0 aliphatic rings. The number of benzene rings is 1. The van der Waals surface area contributed by atoms with Crippen LogP contribution in [0, 0.1) is 5.82 Å². The Morgan fingerprint density at radius 1 is 1.26 bits per heavy atom. The molecule has 0 aliphatic carbocycles. The summed E-state index contributed by atoms with van der Waals surface area (Å²) in [6.45, 7) is 0. The van der Waals surface area contributed by atoms with Crippen LogP contribution < -0.4 is 0 Å². The maximum absolute atomic E-state index is 13.9. The van der Waals surface area contributed by atoms with E-state index < -0.39 is 17.6 Å². The van der Waals surface area contributed by atoms with Gasteiger partial charge in [-0.25, -0.2) is 4.39 Å².